The lowest BCUT2D eigenvalue weighted by Gasteiger charge is -1.79. The molecule has 0 spiro atoms. The topological polar surface area (TPSA) is 86.2 Å². The van der Waals surface area contributed by atoms with Crippen molar-refractivity contribution in [3.8, 4) is 0 Å². The molecule has 0 saturated heterocycles. The van der Waals surface area contributed by atoms with Gasteiger partial charge in [-0.25, -0.2) is 4.98 Å². The summed E-state index contributed by atoms with van der Waals surface area (Å²) in [7, 11) is 0. The van der Waals surface area contributed by atoms with Gasteiger partial charge in [-0.3, -0.25) is 4.79 Å². The average molecular weight is 158 g/mol. The monoisotopic (exact) mass is 158 g/mol. The molecule has 0 aliphatic heterocycles. The van der Waals surface area contributed by atoms with Crippen LogP contribution in [0.25, 0.3) is 0 Å². The quantitative estimate of drug-likeness (QED) is 0.559. The molecule has 0 aliphatic carbocycles. The molecule has 0 aliphatic rings. The lowest BCUT2D eigenvalue weighted by molar-refractivity contribution is -0.137. The van der Waals surface area contributed by atoms with Crippen molar-refractivity contribution in [2.75, 3.05) is 6.61 Å². The Morgan fingerprint density at radius 3 is 2.45 bits per heavy atom. The maximum absolute atomic E-state index is 9.44. The van der Waals surface area contributed by atoms with Crippen molar-refractivity contribution in [1.29, 1.82) is 0 Å². The highest BCUT2D eigenvalue weighted by atomic mass is 16.4. The summed E-state index contributed by atoms with van der Waals surface area (Å²) in [5.74, 6) is -0.961. The van der Waals surface area contributed by atoms with E-state index >= 15 is 0 Å². The van der Waals surface area contributed by atoms with E-state index in [9.17, 15) is 4.79 Å². The highest BCUT2D eigenvalue weighted by Gasteiger charge is 1.88. The number of aromatic amines is 1. The van der Waals surface area contributed by atoms with E-state index in [4.69, 9.17) is 10.2 Å². The van der Waals surface area contributed by atoms with Crippen LogP contribution in [0, 0.1) is 0 Å². The molecule has 0 atom stereocenters. The van der Waals surface area contributed by atoms with Gasteiger partial charge >= 0.3 is 5.97 Å². The van der Waals surface area contributed by atoms with Crippen LogP contribution in [-0.4, -0.2) is 32.8 Å². The molecule has 1 heterocycles. The fourth-order valence-electron chi connectivity index (χ4n) is 0.311. The van der Waals surface area contributed by atoms with Gasteiger partial charge < -0.3 is 15.2 Å². The molecule has 0 bridgehead atoms. The first-order valence-electron chi connectivity index (χ1n) is 3.02. The van der Waals surface area contributed by atoms with Crippen molar-refractivity contribution in [2.24, 2.45) is 0 Å². The van der Waals surface area contributed by atoms with Crippen molar-refractivity contribution in [2.45, 2.75) is 6.42 Å². The summed E-state index contributed by atoms with van der Waals surface area (Å²) in [4.78, 5) is 15.9. The molecule has 0 aromatic carbocycles. The van der Waals surface area contributed by atoms with Crippen molar-refractivity contribution < 1.29 is 15.0 Å². The van der Waals surface area contributed by atoms with Crippen LogP contribution >= 0.6 is 0 Å². The third-order valence-corrected chi connectivity index (χ3v) is 0.732. The molecule has 0 unspecified atom stereocenters. The summed E-state index contributed by atoms with van der Waals surface area (Å²) in [5.41, 5.74) is 0. The lowest BCUT2D eigenvalue weighted by Crippen LogP contribution is -1.96. The van der Waals surface area contributed by atoms with Gasteiger partial charge in [-0.05, 0) is 0 Å². The van der Waals surface area contributed by atoms with Gasteiger partial charge in [0.05, 0.1) is 19.4 Å². The Kier molecular flexibility index (Phi) is 5.92. The maximum atomic E-state index is 9.44. The molecular formula is C6H10N2O3. The number of carbonyl (C=O) groups is 1. The summed E-state index contributed by atoms with van der Waals surface area (Å²) < 4.78 is 0. The highest BCUT2D eigenvalue weighted by Crippen LogP contribution is 1.70. The summed E-state index contributed by atoms with van der Waals surface area (Å²) >= 11 is 0. The first-order valence-corrected chi connectivity index (χ1v) is 3.02. The predicted octanol–water partition coefficient (Wildman–Crippen LogP) is -0.137. The third-order valence-electron chi connectivity index (χ3n) is 0.732. The van der Waals surface area contributed by atoms with Gasteiger partial charge in [0.15, 0.2) is 0 Å². The molecule has 11 heavy (non-hydrogen) atoms. The van der Waals surface area contributed by atoms with Gasteiger partial charge in [-0.1, -0.05) is 0 Å². The minimum Gasteiger partial charge on any atom is -0.481 e. The van der Waals surface area contributed by atoms with Crippen LogP contribution in [0.4, 0.5) is 0 Å². The van der Waals surface area contributed by atoms with Crippen LogP contribution in [0.1, 0.15) is 6.42 Å². The number of aliphatic hydroxyl groups is 1. The molecular weight excluding hydrogens is 148 g/mol. The number of rotatable bonds is 2. The van der Waals surface area contributed by atoms with E-state index < -0.39 is 5.97 Å². The predicted molar refractivity (Wildman–Crippen MR) is 37.9 cm³/mol. The van der Waals surface area contributed by atoms with Crippen LogP contribution in [-0.2, 0) is 4.79 Å². The number of hydrogen-bond acceptors (Lipinski definition) is 3. The number of imidazole rings is 1. The molecule has 3 N–H and O–H groups in total. The number of nitrogens with one attached hydrogen (secondary N) is 1. The average Bonchev–Trinajstić information content (AvgIpc) is 2.41. The fourth-order valence-corrected chi connectivity index (χ4v) is 0.311. The molecule has 0 fully saturated rings. The van der Waals surface area contributed by atoms with E-state index in [1.807, 2.05) is 0 Å². The van der Waals surface area contributed by atoms with Crippen LogP contribution in [0.3, 0.4) is 0 Å². The molecule has 5 heteroatoms. The second kappa shape index (κ2) is 6.76. The van der Waals surface area contributed by atoms with Crippen molar-refractivity contribution in [1.82, 2.24) is 9.97 Å². The number of H-pyrrole nitrogens is 1. The van der Waals surface area contributed by atoms with Crippen LogP contribution in [0.15, 0.2) is 18.7 Å². The normalized spacial score (nSPS) is 8.09. The molecule has 62 valence electrons. The lowest BCUT2D eigenvalue weighted by atomic mass is 10.5. The zero-order valence-electron chi connectivity index (χ0n) is 5.90. The molecule has 0 saturated carbocycles. The summed E-state index contributed by atoms with van der Waals surface area (Å²) in [6.07, 6.45) is 4.93. The van der Waals surface area contributed by atoms with Crippen LogP contribution in [0.5, 0.6) is 0 Å². The molecule has 1 aromatic rings. The Morgan fingerprint density at radius 1 is 1.64 bits per heavy atom. The number of hydrogen-bond donors (Lipinski definition) is 3. The summed E-state index contributed by atoms with van der Waals surface area (Å²) in [5, 5.41) is 15.6. The zero-order chi connectivity index (χ0) is 8.53. The smallest absolute Gasteiger partial charge is 0.305 e. The Labute approximate surface area is 63.7 Å². The Hall–Kier alpha value is -1.36. The maximum Gasteiger partial charge on any atom is 0.305 e. The largest absolute Gasteiger partial charge is 0.481 e. The minimum absolute atomic E-state index is 0.153. The summed E-state index contributed by atoms with van der Waals surface area (Å²) in [6.45, 7) is -0.269. The number of carboxylic acid groups (broad SMARTS) is 1. The third kappa shape index (κ3) is 8.64. The van der Waals surface area contributed by atoms with Crippen molar-refractivity contribution in [3.05, 3.63) is 18.7 Å². The van der Waals surface area contributed by atoms with Gasteiger partial charge in [-0.15, -0.1) is 0 Å². The summed E-state index contributed by atoms with van der Waals surface area (Å²) in [6, 6.07) is 0. The second-order valence-electron chi connectivity index (χ2n) is 1.63. The number of aliphatic hydroxyl groups excluding tert-OH is 1. The molecule has 5 nitrogen and oxygen atoms in total. The molecule has 1 aromatic heterocycles. The van der Waals surface area contributed by atoms with E-state index in [1.54, 1.807) is 18.7 Å². The van der Waals surface area contributed by atoms with Gasteiger partial charge in [0.2, 0.25) is 0 Å². The van der Waals surface area contributed by atoms with E-state index in [-0.39, 0.29) is 13.0 Å². The van der Waals surface area contributed by atoms with Crippen LogP contribution in [0.2, 0.25) is 0 Å². The number of nitrogens with zero attached hydrogens (tertiary/aromatic N) is 1. The SMILES string of the molecule is O=C(O)CCO.c1c[nH]cn1. The molecule has 1 rings (SSSR count). The standard InChI is InChI=1S/C3H4N2.C3H6O3/c1-2-5-3-4-1;4-2-1-3(5)6/h1-3H,(H,4,5);4H,1-2H2,(H,5,6). The van der Waals surface area contributed by atoms with Gasteiger partial charge in [0, 0.05) is 12.4 Å². The van der Waals surface area contributed by atoms with Gasteiger partial charge in [0.25, 0.3) is 0 Å². The van der Waals surface area contributed by atoms with E-state index in [1.165, 1.54) is 0 Å². The Morgan fingerprint density at radius 2 is 2.36 bits per heavy atom. The first kappa shape index (κ1) is 9.64. The highest BCUT2D eigenvalue weighted by molar-refractivity contribution is 5.66. The van der Waals surface area contributed by atoms with Crippen molar-refractivity contribution >= 4 is 5.97 Å². The Bertz CT molecular complexity index is 157. The second-order valence-corrected chi connectivity index (χ2v) is 1.63. The first-order chi connectivity index (χ1) is 5.27. The van der Waals surface area contributed by atoms with E-state index in [2.05, 4.69) is 9.97 Å². The van der Waals surface area contributed by atoms with Gasteiger partial charge in [0.1, 0.15) is 0 Å². The van der Waals surface area contributed by atoms with Gasteiger partial charge in [-0.2, -0.15) is 0 Å². The van der Waals surface area contributed by atoms with Crippen molar-refractivity contribution in [3.63, 3.8) is 0 Å². The minimum atomic E-state index is -0.961. The molecule has 0 radical (unpaired) electrons. The Balaban J connectivity index is 0.000000183. The van der Waals surface area contributed by atoms with E-state index in [0.717, 1.165) is 0 Å². The number of carboxylic acids is 1. The number of aromatic nitrogens is 2. The molecule has 0 amide bonds. The zero-order valence-corrected chi connectivity index (χ0v) is 5.90. The fraction of sp³-hybridized carbons (Fsp3) is 0.333. The van der Waals surface area contributed by atoms with E-state index in [0.29, 0.717) is 0 Å². The van der Waals surface area contributed by atoms with Crippen LogP contribution < -0.4 is 0 Å². The number of aliphatic carboxylic acids is 1.